The van der Waals surface area contributed by atoms with Crippen LogP contribution in [0.25, 0.3) is 0 Å². The van der Waals surface area contributed by atoms with Crippen LogP contribution < -0.4 is 0 Å². The summed E-state index contributed by atoms with van der Waals surface area (Å²) in [5, 5.41) is 26.4. The Morgan fingerprint density at radius 2 is 1.83 bits per heavy atom. The van der Waals surface area contributed by atoms with E-state index in [1.807, 2.05) is 25.1 Å². The van der Waals surface area contributed by atoms with Gasteiger partial charge < -0.3 is 15.3 Å². The molecule has 1 atom stereocenters. The molecule has 3 N–H and O–H groups in total. The van der Waals surface area contributed by atoms with E-state index in [4.69, 9.17) is 15.3 Å². The number of aliphatic hydroxyl groups is 3. The third-order valence-corrected chi connectivity index (χ3v) is 2.99. The van der Waals surface area contributed by atoms with Crippen LogP contribution in [0.1, 0.15) is 43.0 Å². The summed E-state index contributed by atoms with van der Waals surface area (Å²) in [4.78, 5) is 12.1. The fourth-order valence-electron chi connectivity index (χ4n) is 1.94. The van der Waals surface area contributed by atoms with E-state index in [1.54, 1.807) is 12.1 Å². The number of ketones is 1. The number of carbonyl (C=O) groups excluding carboxylic acids is 1. The molecule has 4 nitrogen and oxygen atoms in total. The van der Waals surface area contributed by atoms with E-state index < -0.39 is 5.97 Å². The van der Waals surface area contributed by atoms with Gasteiger partial charge in [-0.25, -0.2) is 0 Å². The predicted octanol–water partition coefficient (Wildman–Crippen LogP) is 1.70. The molecule has 0 bridgehead atoms. The Bertz CT molecular complexity index is 367. The minimum Gasteiger partial charge on any atom is -0.344 e. The van der Waals surface area contributed by atoms with Crippen LogP contribution in [0.3, 0.4) is 0 Å². The molecular formula is C14H20O4. The maximum atomic E-state index is 12.1. The fourth-order valence-corrected chi connectivity index (χ4v) is 1.94. The molecular weight excluding hydrogens is 232 g/mol. The van der Waals surface area contributed by atoms with Gasteiger partial charge >= 0.3 is 0 Å². The maximum absolute atomic E-state index is 12.1. The zero-order chi connectivity index (χ0) is 13.6. The quantitative estimate of drug-likeness (QED) is 0.510. The Balaban J connectivity index is 2.54. The fraction of sp³-hybridized carbons (Fsp3) is 0.500. The Morgan fingerprint density at radius 3 is 2.33 bits per heavy atom. The smallest absolute Gasteiger partial charge is 0.275 e. The molecule has 0 amide bonds. The van der Waals surface area contributed by atoms with Crippen molar-refractivity contribution in [2.24, 2.45) is 5.92 Å². The van der Waals surface area contributed by atoms with Crippen LogP contribution in [0, 0.1) is 5.92 Å². The van der Waals surface area contributed by atoms with Crippen molar-refractivity contribution in [2.45, 2.75) is 38.6 Å². The van der Waals surface area contributed by atoms with Crippen molar-refractivity contribution in [3.05, 3.63) is 35.9 Å². The van der Waals surface area contributed by atoms with Crippen LogP contribution in [0.15, 0.2) is 30.3 Å². The molecule has 1 unspecified atom stereocenters. The van der Waals surface area contributed by atoms with Crippen LogP contribution in [0.5, 0.6) is 0 Å². The van der Waals surface area contributed by atoms with Crippen molar-refractivity contribution in [3.63, 3.8) is 0 Å². The van der Waals surface area contributed by atoms with Gasteiger partial charge in [0, 0.05) is 17.9 Å². The molecule has 4 heteroatoms. The van der Waals surface area contributed by atoms with Gasteiger partial charge in [0.2, 0.25) is 0 Å². The van der Waals surface area contributed by atoms with Crippen LogP contribution in [0.4, 0.5) is 0 Å². The van der Waals surface area contributed by atoms with Crippen LogP contribution >= 0.6 is 0 Å². The highest BCUT2D eigenvalue weighted by molar-refractivity contribution is 5.97. The van der Waals surface area contributed by atoms with Gasteiger partial charge in [-0.1, -0.05) is 37.3 Å². The molecule has 0 spiro atoms. The van der Waals surface area contributed by atoms with Gasteiger partial charge in [0.15, 0.2) is 5.78 Å². The molecule has 1 rings (SSSR count). The zero-order valence-corrected chi connectivity index (χ0v) is 10.5. The number of hydrogen-bond acceptors (Lipinski definition) is 4. The Morgan fingerprint density at radius 1 is 1.22 bits per heavy atom. The van der Waals surface area contributed by atoms with Crippen molar-refractivity contribution in [3.8, 4) is 0 Å². The average Bonchev–Trinajstić information content (AvgIpc) is 2.34. The molecule has 18 heavy (non-hydrogen) atoms. The lowest BCUT2D eigenvalue weighted by molar-refractivity contribution is -0.315. The van der Waals surface area contributed by atoms with Gasteiger partial charge in [0.1, 0.15) is 0 Å². The highest BCUT2D eigenvalue weighted by Gasteiger charge is 2.21. The van der Waals surface area contributed by atoms with E-state index in [0.29, 0.717) is 24.8 Å². The Hall–Kier alpha value is -1.23. The molecule has 0 saturated heterocycles. The number of rotatable bonds is 7. The second-order valence-electron chi connectivity index (χ2n) is 4.50. The normalized spacial score (nSPS) is 13.3. The lowest BCUT2D eigenvalue weighted by Gasteiger charge is -2.17. The lowest BCUT2D eigenvalue weighted by atomic mass is 9.90. The Kier molecular flexibility index (Phi) is 5.47. The summed E-state index contributed by atoms with van der Waals surface area (Å²) >= 11 is 0. The summed E-state index contributed by atoms with van der Waals surface area (Å²) in [5.41, 5.74) is 0.674. The standard InChI is InChI=1S/C14H20O4/c1-2-11(9-6-10-14(16,17)18)13(15)12-7-4-3-5-8-12/h3-5,7-8,11,16-18H,2,6,9-10H2,1H3. The molecule has 0 radical (unpaired) electrons. The third-order valence-electron chi connectivity index (χ3n) is 2.99. The second-order valence-corrected chi connectivity index (χ2v) is 4.50. The first-order valence-electron chi connectivity index (χ1n) is 6.20. The van der Waals surface area contributed by atoms with Crippen LogP contribution in [-0.4, -0.2) is 27.1 Å². The summed E-state index contributed by atoms with van der Waals surface area (Å²) in [6.07, 6.45) is 1.48. The number of carbonyl (C=O) groups is 1. The topological polar surface area (TPSA) is 77.8 Å². The van der Waals surface area contributed by atoms with Gasteiger partial charge in [0.05, 0.1) is 0 Å². The average molecular weight is 252 g/mol. The van der Waals surface area contributed by atoms with Crippen molar-refractivity contribution < 1.29 is 20.1 Å². The molecule has 0 fully saturated rings. The maximum Gasteiger partial charge on any atom is 0.275 e. The summed E-state index contributed by atoms with van der Waals surface area (Å²) < 4.78 is 0. The second kappa shape index (κ2) is 6.64. The Labute approximate surface area is 107 Å². The molecule has 0 aliphatic rings. The molecule has 0 saturated carbocycles. The van der Waals surface area contributed by atoms with E-state index >= 15 is 0 Å². The lowest BCUT2D eigenvalue weighted by Crippen LogP contribution is -2.27. The SMILES string of the molecule is CCC(CCCC(O)(O)O)C(=O)c1ccccc1. The zero-order valence-electron chi connectivity index (χ0n) is 10.5. The number of Topliss-reactive ketones (excluding diaryl/α,β-unsaturated/α-hetero) is 1. The predicted molar refractivity (Wildman–Crippen MR) is 67.8 cm³/mol. The van der Waals surface area contributed by atoms with Gasteiger partial charge in [0.25, 0.3) is 5.97 Å². The molecule has 1 aromatic rings. The highest BCUT2D eigenvalue weighted by atomic mass is 16.7. The minimum atomic E-state index is -2.63. The van der Waals surface area contributed by atoms with E-state index in [9.17, 15) is 4.79 Å². The van der Waals surface area contributed by atoms with Crippen molar-refractivity contribution in [2.75, 3.05) is 0 Å². The summed E-state index contributed by atoms with van der Waals surface area (Å²) in [6.45, 7) is 1.93. The monoisotopic (exact) mass is 252 g/mol. The third kappa shape index (κ3) is 4.96. The van der Waals surface area contributed by atoms with Gasteiger partial charge in [-0.2, -0.15) is 0 Å². The summed E-state index contributed by atoms with van der Waals surface area (Å²) in [7, 11) is 0. The number of benzene rings is 1. The van der Waals surface area contributed by atoms with Crippen molar-refractivity contribution in [1.29, 1.82) is 0 Å². The van der Waals surface area contributed by atoms with Crippen LogP contribution in [0.2, 0.25) is 0 Å². The van der Waals surface area contributed by atoms with E-state index in [-0.39, 0.29) is 18.1 Å². The summed E-state index contributed by atoms with van der Waals surface area (Å²) in [5.74, 6) is -2.71. The first kappa shape index (κ1) is 14.8. The largest absolute Gasteiger partial charge is 0.344 e. The van der Waals surface area contributed by atoms with Crippen molar-refractivity contribution >= 4 is 5.78 Å². The molecule has 0 heterocycles. The summed E-state index contributed by atoms with van der Waals surface area (Å²) in [6, 6.07) is 9.05. The van der Waals surface area contributed by atoms with Gasteiger partial charge in [-0.3, -0.25) is 4.79 Å². The molecule has 0 aliphatic carbocycles. The highest BCUT2D eigenvalue weighted by Crippen LogP contribution is 2.20. The van der Waals surface area contributed by atoms with Gasteiger partial charge in [-0.15, -0.1) is 0 Å². The van der Waals surface area contributed by atoms with E-state index in [1.165, 1.54) is 0 Å². The number of hydrogen-bond donors (Lipinski definition) is 3. The minimum absolute atomic E-state index is 0.0671. The molecule has 1 aromatic carbocycles. The van der Waals surface area contributed by atoms with Gasteiger partial charge in [-0.05, 0) is 19.3 Å². The molecule has 100 valence electrons. The van der Waals surface area contributed by atoms with Crippen molar-refractivity contribution in [1.82, 2.24) is 0 Å². The van der Waals surface area contributed by atoms with E-state index in [2.05, 4.69) is 0 Å². The first-order valence-corrected chi connectivity index (χ1v) is 6.20. The molecule has 0 aliphatic heterocycles. The van der Waals surface area contributed by atoms with Crippen LogP contribution in [-0.2, 0) is 0 Å². The molecule has 0 aromatic heterocycles. The van der Waals surface area contributed by atoms with E-state index in [0.717, 1.165) is 0 Å². The first-order chi connectivity index (χ1) is 8.44.